The van der Waals surface area contributed by atoms with Gasteiger partial charge in [-0.25, -0.2) is 15.0 Å². The molecule has 1 fully saturated rings. The van der Waals surface area contributed by atoms with Gasteiger partial charge >= 0.3 is 0 Å². The number of hydrogen-bond acceptors (Lipinski definition) is 8. The number of likely N-dealkylation sites (tertiary alicyclic amines) is 1. The van der Waals surface area contributed by atoms with Crippen molar-refractivity contribution in [2.45, 2.75) is 31.4 Å². The molecule has 10 nitrogen and oxygen atoms in total. The summed E-state index contributed by atoms with van der Waals surface area (Å²) in [6, 6.07) is 9.41. The molecule has 184 valence electrons. The number of fused-ring (bicyclic) bond motifs is 1. The van der Waals surface area contributed by atoms with Crippen molar-refractivity contribution in [3.05, 3.63) is 54.6 Å². The number of benzene rings is 1. The average molecular weight is 493 g/mol. The van der Waals surface area contributed by atoms with Crippen LogP contribution in [0.2, 0.25) is 0 Å². The van der Waals surface area contributed by atoms with Crippen LogP contribution in [0.4, 0.5) is 5.82 Å². The highest BCUT2D eigenvalue weighted by Crippen LogP contribution is 2.30. The van der Waals surface area contributed by atoms with Crippen LogP contribution in [0.1, 0.15) is 24.8 Å². The van der Waals surface area contributed by atoms with E-state index in [0.717, 1.165) is 22.9 Å². The maximum atomic E-state index is 12.2. The molecule has 0 saturated carbocycles. The van der Waals surface area contributed by atoms with E-state index in [1.54, 1.807) is 42.5 Å². The second kappa shape index (κ2) is 9.69. The van der Waals surface area contributed by atoms with E-state index >= 15 is 0 Å². The highest BCUT2D eigenvalue weighted by molar-refractivity contribution is 5.98. The topological polar surface area (TPSA) is 147 Å². The predicted octanol–water partition coefficient (Wildman–Crippen LogP) is 2.39. The number of hydrogen-bond donors (Lipinski definition) is 2. The molecule has 1 aliphatic heterocycles. The Labute approximate surface area is 213 Å². The van der Waals surface area contributed by atoms with Crippen molar-refractivity contribution in [2.24, 2.45) is 0 Å². The van der Waals surface area contributed by atoms with Gasteiger partial charge in [0.2, 0.25) is 5.60 Å². The molecule has 1 unspecified atom stereocenters. The molecule has 1 atom stereocenters. The van der Waals surface area contributed by atoms with Crippen LogP contribution in [-0.2, 0) is 11.3 Å². The van der Waals surface area contributed by atoms with E-state index in [0.29, 0.717) is 42.0 Å². The lowest BCUT2D eigenvalue weighted by atomic mass is 10.0. The molecule has 0 bridgehead atoms. The largest absolute Gasteiger partial charge is 0.382 e. The summed E-state index contributed by atoms with van der Waals surface area (Å²) < 4.78 is 1.80. The molecule has 5 rings (SSSR count). The van der Waals surface area contributed by atoms with E-state index in [2.05, 4.69) is 33.0 Å². The molecule has 3 aromatic heterocycles. The van der Waals surface area contributed by atoms with Crippen LogP contribution in [0.25, 0.3) is 33.4 Å². The maximum absolute atomic E-state index is 12.2. The van der Waals surface area contributed by atoms with Gasteiger partial charge in [0.1, 0.15) is 11.3 Å². The minimum atomic E-state index is -1.66. The van der Waals surface area contributed by atoms with E-state index in [-0.39, 0.29) is 18.1 Å². The number of aromatic nitrogens is 5. The van der Waals surface area contributed by atoms with E-state index in [4.69, 9.17) is 16.0 Å². The SMILES string of the molecule is CN1CCC(O)(C#Cc2cccc(-c3ncc4c(-c5cnn(CCCC#N)c5)cnc(N)c4n3)c2)C1=O. The van der Waals surface area contributed by atoms with Gasteiger partial charge in [-0.05, 0) is 18.6 Å². The fourth-order valence-corrected chi connectivity index (χ4v) is 4.23. The van der Waals surface area contributed by atoms with E-state index in [1.165, 1.54) is 4.90 Å². The van der Waals surface area contributed by atoms with Crippen molar-refractivity contribution in [3.63, 3.8) is 0 Å². The fourth-order valence-electron chi connectivity index (χ4n) is 4.23. The quantitative estimate of drug-likeness (QED) is 0.319. The van der Waals surface area contributed by atoms with Crippen LogP contribution in [0.5, 0.6) is 0 Å². The molecule has 0 spiro atoms. The highest BCUT2D eigenvalue weighted by Gasteiger charge is 2.42. The summed E-state index contributed by atoms with van der Waals surface area (Å²) in [5, 5.41) is 24.4. The summed E-state index contributed by atoms with van der Waals surface area (Å²) in [5.41, 5.74) is 8.04. The number of nitrogen functional groups attached to an aromatic ring is 1. The van der Waals surface area contributed by atoms with Gasteiger partial charge in [-0.15, -0.1) is 0 Å². The lowest BCUT2D eigenvalue weighted by molar-refractivity contribution is -0.137. The number of nitrogens with two attached hydrogens (primary N) is 1. The molecule has 10 heteroatoms. The van der Waals surface area contributed by atoms with Gasteiger partial charge in [0.05, 0.1) is 12.3 Å². The molecule has 37 heavy (non-hydrogen) atoms. The third kappa shape index (κ3) is 4.70. The molecular formula is C27H24N8O2. The van der Waals surface area contributed by atoms with Gasteiger partial charge < -0.3 is 15.7 Å². The Kier molecular flexibility index (Phi) is 6.26. The smallest absolute Gasteiger partial charge is 0.267 e. The fraction of sp³-hybridized carbons (Fsp3) is 0.259. The van der Waals surface area contributed by atoms with Crippen LogP contribution in [0.15, 0.2) is 49.1 Å². The minimum absolute atomic E-state index is 0.274. The third-order valence-corrected chi connectivity index (χ3v) is 6.32. The van der Waals surface area contributed by atoms with Gasteiger partial charge in [-0.3, -0.25) is 9.48 Å². The summed E-state index contributed by atoms with van der Waals surface area (Å²) in [5.74, 6) is 6.00. The number of rotatable bonds is 5. The number of unbranched alkanes of at least 4 members (excludes halogenated alkanes) is 1. The van der Waals surface area contributed by atoms with Gasteiger partial charge in [0, 0.05) is 79.2 Å². The molecule has 0 aliphatic carbocycles. The zero-order chi connectivity index (χ0) is 26.0. The Balaban J connectivity index is 1.46. The second-order valence-corrected chi connectivity index (χ2v) is 8.93. The van der Waals surface area contributed by atoms with E-state index in [9.17, 15) is 9.90 Å². The Morgan fingerprint density at radius 3 is 2.86 bits per heavy atom. The molecule has 3 N–H and O–H groups in total. The second-order valence-electron chi connectivity index (χ2n) is 8.93. The van der Waals surface area contributed by atoms with Crippen molar-refractivity contribution in [1.82, 2.24) is 29.6 Å². The lowest BCUT2D eigenvalue weighted by Gasteiger charge is -2.13. The molecule has 0 radical (unpaired) electrons. The number of anilines is 1. The summed E-state index contributed by atoms with van der Waals surface area (Å²) in [6.07, 6.45) is 8.52. The molecular weight excluding hydrogens is 468 g/mol. The molecule has 4 aromatic rings. The Bertz CT molecular complexity index is 1610. The summed E-state index contributed by atoms with van der Waals surface area (Å²) in [6.45, 7) is 1.12. The van der Waals surface area contributed by atoms with E-state index < -0.39 is 5.60 Å². The van der Waals surface area contributed by atoms with Crippen LogP contribution in [-0.4, -0.2) is 59.8 Å². The van der Waals surface area contributed by atoms with Crippen LogP contribution in [0, 0.1) is 23.2 Å². The molecule has 1 amide bonds. The van der Waals surface area contributed by atoms with Crippen molar-refractivity contribution in [1.29, 1.82) is 5.26 Å². The van der Waals surface area contributed by atoms with Crippen molar-refractivity contribution in [2.75, 3.05) is 19.3 Å². The molecule has 1 saturated heterocycles. The third-order valence-electron chi connectivity index (χ3n) is 6.32. The number of carbonyl (C=O) groups is 1. The molecule has 4 heterocycles. The van der Waals surface area contributed by atoms with Crippen molar-refractivity contribution in [3.8, 4) is 40.4 Å². The standard InChI is InChI=1S/C27H24N8O2/c1-34-12-9-27(37,26(34)36)8-7-18-5-4-6-19(13-18)25-31-16-22-21(15-30-24(29)23(22)33-25)20-14-32-35(17-20)11-3-2-10-28/h4-6,13-17,37H,2-3,9,11-12H2,1H3,(H2,29,30). The monoisotopic (exact) mass is 492 g/mol. The van der Waals surface area contributed by atoms with E-state index in [1.807, 2.05) is 18.3 Å². The number of carbonyl (C=O) groups excluding carboxylic acids is 1. The zero-order valence-corrected chi connectivity index (χ0v) is 20.2. The number of aryl methyl sites for hydroxylation is 1. The number of nitrogens with zero attached hydrogens (tertiary/aromatic N) is 7. The number of amides is 1. The molecule has 1 aliphatic rings. The highest BCUT2D eigenvalue weighted by atomic mass is 16.3. The Morgan fingerprint density at radius 1 is 1.22 bits per heavy atom. The Hall–Kier alpha value is -4.80. The summed E-state index contributed by atoms with van der Waals surface area (Å²) in [4.78, 5) is 27.3. The first kappa shape index (κ1) is 23.9. The molecule has 1 aromatic carbocycles. The van der Waals surface area contributed by atoms with Crippen LogP contribution >= 0.6 is 0 Å². The number of likely N-dealkylation sites (N-methyl/N-ethyl adjacent to an activating group) is 1. The van der Waals surface area contributed by atoms with Gasteiger partial charge in [-0.1, -0.05) is 24.0 Å². The minimum Gasteiger partial charge on any atom is -0.382 e. The summed E-state index contributed by atoms with van der Waals surface area (Å²) in [7, 11) is 1.65. The predicted molar refractivity (Wildman–Crippen MR) is 137 cm³/mol. The van der Waals surface area contributed by atoms with Crippen LogP contribution in [0.3, 0.4) is 0 Å². The van der Waals surface area contributed by atoms with Gasteiger partial charge in [0.25, 0.3) is 5.91 Å². The maximum Gasteiger partial charge on any atom is 0.267 e. The Morgan fingerprint density at radius 2 is 2.08 bits per heavy atom. The van der Waals surface area contributed by atoms with Crippen molar-refractivity contribution >= 4 is 22.6 Å². The average Bonchev–Trinajstić information content (AvgIpc) is 3.48. The number of pyridine rings is 1. The van der Waals surface area contributed by atoms with Gasteiger partial charge in [0.15, 0.2) is 5.82 Å². The van der Waals surface area contributed by atoms with Crippen molar-refractivity contribution < 1.29 is 9.90 Å². The lowest BCUT2D eigenvalue weighted by Crippen LogP contribution is -2.37. The number of aliphatic hydroxyl groups is 1. The van der Waals surface area contributed by atoms with Crippen LogP contribution < -0.4 is 5.73 Å². The zero-order valence-electron chi connectivity index (χ0n) is 20.2. The first-order chi connectivity index (χ1) is 17.9. The summed E-state index contributed by atoms with van der Waals surface area (Å²) >= 11 is 0. The first-order valence-electron chi connectivity index (χ1n) is 11.8. The van der Waals surface area contributed by atoms with Gasteiger partial charge in [-0.2, -0.15) is 10.4 Å². The normalized spacial score (nSPS) is 17.0. The first-order valence-corrected chi connectivity index (χ1v) is 11.8. The number of nitriles is 1.